The molecule has 0 unspecified atom stereocenters. The van der Waals surface area contributed by atoms with Gasteiger partial charge in [0.05, 0.1) is 13.2 Å². The summed E-state index contributed by atoms with van der Waals surface area (Å²) >= 11 is 0. The van der Waals surface area contributed by atoms with Crippen LogP contribution in [0.15, 0.2) is 48.5 Å². The number of ether oxygens (including phenoxy) is 2. The summed E-state index contributed by atoms with van der Waals surface area (Å²) in [6, 6.07) is 15.4. The molecule has 2 aromatic carbocycles. The van der Waals surface area contributed by atoms with Crippen molar-refractivity contribution in [2.24, 2.45) is 0 Å². The van der Waals surface area contributed by atoms with Gasteiger partial charge in [0, 0.05) is 5.56 Å². The Morgan fingerprint density at radius 3 is 2.36 bits per heavy atom. The first-order chi connectivity index (χ1) is 12.1. The summed E-state index contributed by atoms with van der Waals surface area (Å²) < 4.78 is 11.2. The molecule has 2 aromatic rings. The van der Waals surface area contributed by atoms with E-state index in [2.05, 4.69) is 12.2 Å². The first kappa shape index (κ1) is 18.8. The number of aryl methyl sites for hydroxylation is 1. The molecule has 0 heterocycles. The normalized spacial score (nSPS) is 13.0. The van der Waals surface area contributed by atoms with Crippen LogP contribution in [0, 0.1) is 0 Å². The number of amides is 1. The molecule has 1 amide bonds. The predicted molar refractivity (Wildman–Crippen MR) is 100 cm³/mol. The molecule has 2 atom stereocenters. The molecular formula is C21H27NO3. The lowest BCUT2D eigenvalue weighted by molar-refractivity contribution is -0.128. The van der Waals surface area contributed by atoms with Crippen LogP contribution >= 0.6 is 0 Å². The zero-order valence-electron chi connectivity index (χ0n) is 15.4. The van der Waals surface area contributed by atoms with E-state index in [1.54, 1.807) is 7.11 Å². The third kappa shape index (κ3) is 4.99. The molecule has 2 rings (SSSR count). The van der Waals surface area contributed by atoms with Crippen molar-refractivity contribution >= 4 is 5.91 Å². The lowest BCUT2D eigenvalue weighted by Gasteiger charge is -2.22. The van der Waals surface area contributed by atoms with E-state index in [4.69, 9.17) is 9.47 Å². The second-order valence-corrected chi connectivity index (χ2v) is 5.98. The monoisotopic (exact) mass is 341 g/mol. The van der Waals surface area contributed by atoms with Gasteiger partial charge in [-0.05, 0) is 43.5 Å². The Morgan fingerprint density at radius 1 is 1.08 bits per heavy atom. The maximum atomic E-state index is 12.6. The molecule has 0 aliphatic rings. The smallest absolute Gasteiger partial charge is 0.261 e. The maximum absolute atomic E-state index is 12.6. The molecule has 0 aliphatic carbocycles. The van der Waals surface area contributed by atoms with Gasteiger partial charge < -0.3 is 14.8 Å². The predicted octanol–water partition coefficient (Wildman–Crippen LogP) is 4.29. The van der Waals surface area contributed by atoms with Crippen LogP contribution in [0.25, 0.3) is 0 Å². The minimum absolute atomic E-state index is 0.125. The summed E-state index contributed by atoms with van der Waals surface area (Å²) in [5.41, 5.74) is 2.19. The van der Waals surface area contributed by atoms with Crippen molar-refractivity contribution in [3.05, 3.63) is 59.7 Å². The molecule has 0 spiro atoms. The average molecular weight is 341 g/mol. The zero-order chi connectivity index (χ0) is 18.2. The number of methoxy groups -OCH3 is 1. The summed E-state index contributed by atoms with van der Waals surface area (Å²) in [6.07, 6.45) is 1.05. The average Bonchev–Trinajstić information content (AvgIpc) is 2.66. The van der Waals surface area contributed by atoms with E-state index in [1.807, 2.05) is 62.4 Å². The molecular weight excluding hydrogens is 314 g/mol. The van der Waals surface area contributed by atoms with E-state index in [9.17, 15) is 4.79 Å². The topological polar surface area (TPSA) is 47.6 Å². The number of para-hydroxylation sites is 1. The van der Waals surface area contributed by atoms with Gasteiger partial charge in [-0.1, -0.05) is 44.2 Å². The molecule has 134 valence electrons. The Bertz CT molecular complexity index is 682. The first-order valence-corrected chi connectivity index (χ1v) is 8.77. The minimum Gasteiger partial charge on any atom is -0.496 e. The lowest BCUT2D eigenvalue weighted by Crippen LogP contribution is -2.39. The highest BCUT2D eigenvalue weighted by atomic mass is 16.5. The maximum Gasteiger partial charge on any atom is 0.261 e. The van der Waals surface area contributed by atoms with Gasteiger partial charge >= 0.3 is 0 Å². The van der Waals surface area contributed by atoms with Gasteiger partial charge in [-0.25, -0.2) is 0 Å². The minimum atomic E-state index is -0.523. The van der Waals surface area contributed by atoms with Crippen molar-refractivity contribution in [3.8, 4) is 11.5 Å². The number of hydrogen-bond donors (Lipinski definition) is 1. The second-order valence-electron chi connectivity index (χ2n) is 5.98. The van der Waals surface area contributed by atoms with Crippen molar-refractivity contribution in [1.82, 2.24) is 5.32 Å². The van der Waals surface area contributed by atoms with Crippen LogP contribution in [-0.2, 0) is 11.2 Å². The van der Waals surface area contributed by atoms with Crippen LogP contribution in [-0.4, -0.2) is 19.1 Å². The molecule has 1 N–H and O–H groups in total. The zero-order valence-corrected chi connectivity index (χ0v) is 15.4. The third-order valence-corrected chi connectivity index (χ3v) is 4.24. The van der Waals surface area contributed by atoms with Crippen LogP contribution in [0.1, 0.15) is 44.4 Å². The highest BCUT2D eigenvalue weighted by Gasteiger charge is 2.21. The van der Waals surface area contributed by atoms with Crippen LogP contribution in [0.3, 0.4) is 0 Å². The van der Waals surface area contributed by atoms with Crippen molar-refractivity contribution in [3.63, 3.8) is 0 Å². The Kier molecular flexibility index (Phi) is 6.87. The summed E-state index contributed by atoms with van der Waals surface area (Å²) in [7, 11) is 1.63. The van der Waals surface area contributed by atoms with Gasteiger partial charge in [0.15, 0.2) is 6.10 Å². The third-order valence-electron chi connectivity index (χ3n) is 4.24. The van der Waals surface area contributed by atoms with Gasteiger partial charge in [-0.3, -0.25) is 4.79 Å². The Labute approximate surface area is 150 Å². The molecule has 25 heavy (non-hydrogen) atoms. The number of carbonyl (C=O) groups excluding carboxylic acids is 1. The number of rotatable bonds is 8. The van der Waals surface area contributed by atoms with Crippen molar-refractivity contribution in [2.45, 2.75) is 45.8 Å². The fraction of sp³-hybridized carbons (Fsp3) is 0.381. The molecule has 0 radical (unpaired) electrons. The van der Waals surface area contributed by atoms with E-state index in [1.165, 1.54) is 5.56 Å². The molecule has 4 nitrogen and oxygen atoms in total. The van der Waals surface area contributed by atoms with E-state index in [-0.39, 0.29) is 11.9 Å². The van der Waals surface area contributed by atoms with E-state index >= 15 is 0 Å². The van der Waals surface area contributed by atoms with Gasteiger partial charge in [0.25, 0.3) is 5.91 Å². The molecule has 4 heteroatoms. The highest BCUT2D eigenvalue weighted by molar-refractivity contribution is 5.81. The standard InChI is InChI=1S/C21H27NO3/c1-5-16-11-13-17(14-12-16)25-19(6-2)21(23)22-15(3)18-9-7-8-10-20(18)24-4/h7-15,19H,5-6H2,1-4H3,(H,22,23)/t15-,19+/m0/s1. The van der Waals surface area contributed by atoms with Gasteiger partial charge in [0.2, 0.25) is 0 Å². The molecule has 0 bridgehead atoms. The van der Waals surface area contributed by atoms with Gasteiger partial charge in [0.1, 0.15) is 11.5 Å². The first-order valence-electron chi connectivity index (χ1n) is 8.77. The largest absolute Gasteiger partial charge is 0.496 e. The summed E-state index contributed by atoms with van der Waals surface area (Å²) in [5.74, 6) is 1.35. The van der Waals surface area contributed by atoms with Crippen LogP contribution < -0.4 is 14.8 Å². The number of nitrogens with one attached hydrogen (secondary N) is 1. The fourth-order valence-corrected chi connectivity index (χ4v) is 2.70. The number of benzene rings is 2. The highest BCUT2D eigenvalue weighted by Crippen LogP contribution is 2.24. The van der Waals surface area contributed by atoms with Crippen LogP contribution in [0.4, 0.5) is 0 Å². The molecule has 0 saturated heterocycles. The van der Waals surface area contributed by atoms with Crippen LogP contribution in [0.5, 0.6) is 11.5 Å². The molecule has 0 aromatic heterocycles. The Hall–Kier alpha value is -2.49. The van der Waals surface area contributed by atoms with Crippen LogP contribution in [0.2, 0.25) is 0 Å². The van der Waals surface area contributed by atoms with Crippen molar-refractivity contribution < 1.29 is 14.3 Å². The summed E-state index contributed by atoms with van der Waals surface area (Å²) in [4.78, 5) is 12.6. The quantitative estimate of drug-likeness (QED) is 0.779. The summed E-state index contributed by atoms with van der Waals surface area (Å²) in [6.45, 7) is 5.99. The second kappa shape index (κ2) is 9.11. The summed E-state index contributed by atoms with van der Waals surface area (Å²) in [5, 5.41) is 3.02. The molecule has 0 aliphatic heterocycles. The molecule has 0 saturated carbocycles. The van der Waals surface area contributed by atoms with Gasteiger partial charge in [-0.15, -0.1) is 0 Å². The Morgan fingerprint density at radius 2 is 1.76 bits per heavy atom. The fourth-order valence-electron chi connectivity index (χ4n) is 2.70. The number of hydrogen-bond acceptors (Lipinski definition) is 3. The van der Waals surface area contributed by atoms with E-state index in [0.29, 0.717) is 12.2 Å². The van der Waals surface area contributed by atoms with E-state index in [0.717, 1.165) is 17.7 Å². The lowest BCUT2D eigenvalue weighted by atomic mass is 10.1. The van der Waals surface area contributed by atoms with Crippen molar-refractivity contribution in [1.29, 1.82) is 0 Å². The van der Waals surface area contributed by atoms with Gasteiger partial charge in [-0.2, -0.15) is 0 Å². The number of carbonyl (C=O) groups is 1. The van der Waals surface area contributed by atoms with Crippen molar-refractivity contribution in [2.75, 3.05) is 7.11 Å². The molecule has 0 fully saturated rings. The van der Waals surface area contributed by atoms with E-state index < -0.39 is 6.10 Å². The Balaban J connectivity index is 2.03. The SMILES string of the molecule is CCc1ccc(O[C@H](CC)C(=O)N[C@@H](C)c2ccccc2OC)cc1.